The summed E-state index contributed by atoms with van der Waals surface area (Å²) in [5, 5.41) is 0. The van der Waals surface area contributed by atoms with Crippen LogP contribution in [0.25, 0.3) is 11.1 Å². The van der Waals surface area contributed by atoms with Crippen LogP contribution in [0.3, 0.4) is 0 Å². The van der Waals surface area contributed by atoms with Crippen molar-refractivity contribution in [1.29, 1.82) is 0 Å². The van der Waals surface area contributed by atoms with E-state index >= 15 is 0 Å². The van der Waals surface area contributed by atoms with E-state index in [-0.39, 0.29) is 5.75 Å². The van der Waals surface area contributed by atoms with Crippen LogP contribution in [-0.2, 0) is 0 Å². The highest BCUT2D eigenvalue weighted by Crippen LogP contribution is 2.35. The van der Waals surface area contributed by atoms with Gasteiger partial charge in [0, 0.05) is 11.1 Å². The van der Waals surface area contributed by atoms with Crippen LogP contribution in [0.2, 0.25) is 0 Å². The molecule has 2 nitrogen and oxygen atoms in total. The number of hydrogen-bond donors (Lipinski definition) is 1. The van der Waals surface area contributed by atoms with E-state index in [9.17, 15) is 13.2 Å². The van der Waals surface area contributed by atoms with Gasteiger partial charge in [0.05, 0.1) is 0 Å². The lowest BCUT2D eigenvalue weighted by atomic mass is 10.0. The fourth-order valence-electron chi connectivity index (χ4n) is 1.69. The lowest BCUT2D eigenvalue weighted by molar-refractivity contribution is -0.274. The lowest BCUT2D eigenvalue weighted by Crippen LogP contribution is -2.40. The van der Waals surface area contributed by atoms with E-state index in [2.05, 4.69) is 10.5 Å². The first-order valence-electron chi connectivity index (χ1n) is 5.23. The van der Waals surface area contributed by atoms with Gasteiger partial charge in [-0.15, -0.1) is 13.2 Å². The summed E-state index contributed by atoms with van der Waals surface area (Å²) in [6, 6.07) is 13.0. The molecule has 0 aromatic heterocycles. The molecule has 0 aliphatic rings. The van der Waals surface area contributed by atoms with Gasteiger partial charge in [0.2, 0.25) is 0 Å². The van der Waals surface area contributed by atoms with Crippen molar-refractivity contribution in [1.82, 2.24) is 0 Å². The quantitative estimate of drug-likeness (QED) is 0.878. The normalized spacial score (nSPS) is 11.3. The molecule has 0 saturated carbocycles. The van der Waals surface area contributed by atoms with Gasteiger partial charge in [0.25, 0.3) is 0 Å². The molecule has 3 N–H and O–H groups in total. The van der Waals surface area contributed by atoms with Gasteiger partial charge in [0.15, 0.2) is 0 Å². The summed E-state index contributed by atoms with van der Waals surface area (Å²) in [6.07, 6.45) is -4.70. The second kappa shape index (κ2) is 4.70. The Bertz CT molecular complexity index is 552. The van der Waals surface area contributed by atoms with E-state index in [0.717, 1.165) is 0 Å². The molecule has 0 radical (unpaired) electrons. The Labute approximate surface area is 102 Å². The first kappa shape index (κ1) is 12.4. The van der Waals surface area contributed by atoms with Gasteiger partial charge in [-0.25, -0.2) is 0 Å². The Morgan fingerprint density at radius 2 is 1.39 bits per heavy atom. The highest BCUT2D eigenvalue weighted by molar-refractivity contribution is 5.77. The maximum atomic E-state index is 12.3. The van der Waals surface area contributed by atoms with Crippen molar-refractivity contribution in [2.75, 3.05) is 0 Å². The summed E-state index contributed by atoms with van der Waals surface area (Å²) in [5.41, 5.74) is 5.44. The minimum absolute atomic E-state index is 0.221. The van der Waals surface area contributed by atoms with Crippen molar-refractivity contribution in [3.63, 3.8) is 0 Å². The molecule has 0 spiro atoms. The fraction of sp³-hybridized carbons (Fsp3) is 0.0769. The van der Waals surface area contributed by atoms with Gasteiger partial charge in [-0.1, -0.05) is 30.3 Å². The van der Waals surface area contributed by atoms with Gasteiger partial charge in [-0.05, 0) is 18.2 Å². The molecule has 0 atom stereocenters. The third kappa shape index (κ3) is 2.81. The number of para-hydroxylation sites is 1. The minimum atomic E-state index is -4.70. The number of alkyl halides is 3. The summed E-state index contributed by atoms with van der Waals surface area (Å²) < 4.78 is 40.9. The molecule has 5 heteroatoms. The van der Waals surface area contributed by atoms with Crippen molar-refractivity contribution >= 4 is 5.69 Å². The van der Waals surface area contributed by atoms with Crippen LogP contribution in [0.15, 0.2) is 48.5 Å². The Morgan fingerprint density at radius 1 is 0.833 bits per heavy atom. The van der Waals surface area contributed by atoms with E-state index in [1.807, 2.05) is 0 Å². The van der Waals surface area contributed by atoms with Crippen molar-refractivity contribution in [3.05, 3.63) is 48.5 Å². The number of halogens is 3. The maximum absolute atomic E-state index is 12.3. The SMILES string of the molecule is [NH3+]c1ccccc1-c1ccccc1OC(F)(F)F. The summed E-state index contributed by atoms with van der Waals surface area (Å²) >= 11 is 0. The monoisotopic (exact) mass is 254 g/mol. The largest absolute Gasteiger partial charge is 0.573 e. The molecule has 0 aliphatic heterocycles. The van der Waals surface area contributed by atoms with Crippen LogP contribution in [0.4, 0.5) is 18.9 Å². The molecule has 18 heavy (non-hydrogen) atoms. The summed E-state index contributed by atoms with van der Waals surface area (Å²) in [5.74, 6) is -0.221. The molecule has 0 aliphatic carbocycles. The molecule has 2 aromatic rings. The number of hydrogen-bond acceptors (Lipinski definition) is 1. The van der Waals surface area contributed by atoms with E-state index in [1.54, 1.807) is 36.4 Å². The highest BCUT2D eigenvalue weighted by Gasteiger charge is 2.32. The van der Waals surface area contributed by atoms with Crippen LogP contribution >= 0.6 is 0 Å². The van der Waals surface area contributed by atoms with Crippen LogP contribution in [-0.4, -0.2) is 6.36 Å². The van der Waals surface area contributed by atoms with Crippen LogP contribution in [0.5, 0.6) is 5.75 Å². The highest BCUT2D eigenvalue weighted by atomic mass is 19.4. The first-order valence-corrected chi connectivity index (χ1v) is 5.23. The van der Waals surface area contributed by atoms with Crippen LogP contribution in [0.1, 0.15) is 0 Å². The molecule has 0 fully saturated rings. The lowest BCUT2D eigenvalue weighted by Gasteiger charge is -2.13. The van der Waals surface area contributed by atoms with E-state index in [1.165, 1.54) is 12.1 Å². The average molecular weight is 254 g/mol. The van der Waals surface area contributed by atoms with Gasteiger partial charge in [-0.3, -0.25) is 0 Å². The molecule has 2 aromatic carbocycles. The third-order valence-corrected chi connectivity index (χ3v) is 2.42. The Kier molecular flexibility index (Phi) is 3.25. The predicted octanol–water partition coefficient (Wildman–Crippen LogP) is 3.13. The standard InChI is InChI=1S/C13H10F3NO/c14-13(15,16)18-12-8-4-2-6-10(12)9-5-1-3-7-11(9)17/h1-8H,17H2/p+1. The third-order valence-electron chi connectivity index (χ3n) is 2.42. The van der Waals surface area contributed by atoms with E-state index in [4.69, 9.17) is 0 Å². The first-order chi connectivity index (χ1) is 8.47. The molecular formula is C13H11F3NO+. The van der Waals surface area contributed by atoms with Crippen LogP contribution in [0, 0.1) is 0 Å². The molecule has 94 valence electrons. The molecule has 0 heterocycles. The van der Waals surface area contributed by atoms with Crippen molar-refractivity contribution in [2.24, 2.45) is 0 Å². The second-order valence-electron chi connectivity index (χ2n) is 3.70. The predicted molar refractivity (Wildman–Crippen MR) is 61.1 cm³/mol. The minimum Gasteiger partial charge on any atom is -0.405 e. The molecule has 0 amide bonds. The summed E-state index contributed by atoms with van der Waals surface area (Å²) in [4.78, 5) is 0. The zero-order chi connectivity index (χ0) is 13.2. The van der Waals surface area contributed by atoms with Crippen LogP contribution < -0.4 is 10.5 Å². The summed E-state index contributed by atoms with van der Waals surface area (Å²) in [7, 11) is 0. The Morgan fingerprint density at radius 3 is 2.00 bits per heavy atom. The number of benzene rings is 2. The second-order valence-corrected chi connectivity index (χ2v) is 3.70. The average Bonchev–Trinajstić information content (AvgIpc) is 2.29. The van der Waals surface area contributed by atoms with Gasteiger partial charge in [0.1, 0.15) is 11.4 Å². The van der Waals surface area contributed by atoms with Gasteiger partial charge in [-0.2, -0.15) is 0 Å². The molecular weight excluding hydrogens is 243 g/mol. The Hall–Kier alpha value is -2.01. The van der Waals surface area contributed by atoms with E-state index < -0.39 is 6.36 Å². The van der Waals surface area contributed by atoms with E-state index in [0.29, 0.717) is 16.8 Å². The smallest absolute Gasteiger partial charge is 0.405 e. The van der Waals surface area contributed by atoms with Crippen molar-refractivity contribution < 1.29 is 23.6 Å². The molecule has 0 unspecified atom stereocenters. The zero-order valence-corrected chi connectivity index (χ0v) is 9.37. The van der Waals surface area contributed by atoms with Gasteiger partial charge < -0.3 is 10.5 Å². The topological polar surface area (TPSA) is 36.9 Å². The van der Waals surface area contributed by atoms with Crippen molar-refractivity contribution in [2.45, 2.75) is 6.36 Å². The number of ether oxygens (including phenoxy) is 1. The van der Waals surface area contributed by atoms with Crippen molar-refractivity contribution in [3.8, 4) is 16.9 Å². The maximum Gasteiger partial charge on any atom is 0.573 e. The number of rotatable bonds is 2. The summed E-state index contributed by atoms with van der Waals surface area (Å²) in [6.45, 7) is 0. The zero-order valence-electron chi connectivity index (χ0n) is 9.37. The Balaban J connectivity index is 2.49. The van der Waals surface area contributed by atoms with Gasteiger partial charge >= 0.3 is 6.36 Å². The molecule has 2 rings (SSSR count). The molecule has 0 saturated heterocycles. The fourth-order valence-corrected chi connectivity index (χ4v) is 1.69. The molecule has 0 bridgehead atoms. The number of quaternary nitrogens is 1.